The predicted octanol–water partition coefficient (Wildman–Crippen LogP) is 0.245. The van der Waals surface area contributed by atoms with E-state index in [1.165, 1.54) is 6.92 Å². The van der Waals surface area contributed by atoms with Gasteiger partial charge < -0.3 is 15.8 Å². The van der Waals surface area contributed by atoms with Gasteiger partial charge in [0.15, 0.2) is 0 Å². The number of nitrogens with two attached hydrogens (primary N) is 1. The van der Waals surface area contributed by atoms with E-state index in [1.54, 1.807) is 0 Å². The van der Waals surface area contributed by atoms with E-state index >= 15 is 0 Å². The van der Waals surface area contributed by atoms with Crippen molar-refractivity contribution in [2.45, 2.75) is 6.92 Å². The minimum Gasteiger partial charge on any atom is -0.432 e. The van der Waals surface area contributed by atoms with Gasteiger partial charge in [-0.3, -0.25) is 0 Å². The van der Waals surface area contributed by atoms with Crippen LogP contribution < -0.4 is 11.1 Å². The fraction of sp³-hybridized carbons (Fsp3) is 0.143. The molecule has 0 saturated carbocycles. The molecule has 0 spiro atoms. The first kappa shape index (κ1) is 10.2. The van der Waals surface area contributed by atoms with Crippen molar-refractivity contribution in [2.24, 2.45) is 5.73 Å². The van der Waals surface area contributed by atoms with Crippen molar-refractivity contribution in [1.29, 1.82) is 0 Å². The lowest BCUT2D eigenvalue weighted by molar-refractivity contribution is -0.133. The zero-order valence-electron chi connectivity index (χ0n) is 6.66. The molecule has 0 rings (SSSR count). The molecule has 2 amide bonds. The summed E-state index contributed by atoms with van der Waals surface area (Å²) < 4.78 is 4.40. The van der Waals surface area contributed by atoms with Gasteiger partial charge in [0.2, 0.25) is 0 Å². The van der Waals surface area contributed by atoms with Crippen LogP contribution >= 0.6 is 0 Å². The normalized spacial score (nSPS) is 10.2. The molecule has 3 N–H and O–H groups in total. The molecule has 0 heterocycles. The quantitative estimate of drug-likeness (QED) is 0.361. The van der Waals surface area contributed by atoms with E-state index in [4.69, 9.17) is 5.73 Å². The Kier molecular flexibility index (Phi) is 4.21. The smallest absolute Gasteiger partial charge is 0.339 e. The van der Waals surface area contributed by atoms with Gasteiger partial charge in [0.25, 0.3) is 0 Å². The summed E-state index contributed by atoms with van der Waals surface area (Å²) in [6.07, 6.45) is 2.16. The lowest BCUT2D eigenvalue weighted by Gasteiger charge is -1.98. The summed E-state index contributed by atoms with van der Waals surface area (Å²) in [6, 6.07) is -0.735. The van der Waals surface area contributed by atoms with Crippen LogP contribution in [0, 0.1) is 0 Å². The van der Waals surface area contributed by atoms with Gasteiger partial charge in [-0.05, 0) is 6.92 Å². The van der Waals surface area contributed by atoms with Crippen LogP contribution in [0.5, 0.6) is 0 Å². The van der Waals surface area contributed by atoms with Crippen LogP contribution in [0.25, 0.3) is 0 Å². The van der Waals surface area contributed by atoms with E-state index in [9.17, 15) is 9.59 Å². The largest absolute Gasteiger partial charge is 0.432 e. The number of esters is 1. The fourth-order valence-corrected chi connectivity index (χ4v) is 0.407. The highest BCUT2D eigenvalue weighted by Crippen LogP contribution is 1.94. The number of carbonyl (C=O) groups is 2. The predicted molar refractivity (Wildman–Crippen MR) is 42.8 cm³/mol. The van der Waals surface area contributed by atoms with Crippen LogP contribution in [-0.2, 0) is 9.53 Å². The van der Waals surface area contributed by atoms with E-state index in [-0.39, 0.29) is 5.57 Å². The SMILES string of the molecule is C=COC(=O)C(C)=CNC(N)=O. The Bertz CT molecular complexity index is 233. The maximum absolute atomic E-state index is 10.8. The molecule has 0 atom stereocenters. The Labute approximate surface area is 69.9 Å². The standard InChI is InChI=1S/C7H10N2O3/c1-3-12-6(10)5(2)4-9-7(8)11/h3-4H,1H2,2H3,(H3,8,9,11). The van der Waals surface area contributed by atoms with Gasteiger partial charge in [0, 0.05) is 6.20 Å². The third-order valence-corrected chi connectivity index (χ3v) is 0.943. The first-order chi connectivity index (χ1) is 5.57. The van der Waals surface area contributed by atoms with Crippen LogP contribution in [0.1, 0.15) is 6.92 Å². The van der Waals surface area contributed by atoms with Crippen molar-refractivity contribution < 1.29 is 14.3 Å². The van der Waals surface area contributed by atoms with Gasteiger partial charge in [0.05, 0.1) is 11.8 Å². The average molecular weight is 170 g/mol. The van der Waals surface area contributed by atoms with Crippen molar-refractivity contribution in [2.75, 3.05) is 0 Å². The first-order valence-electron chi connectivity index (χ1n) is 3.12. The van der Waals surface area contributed by atoms with Gasteiger partial charge in [-0.2, -0.15) is 0 Å². The van der Waals surface area contributed by atoms with E-state index < -0.39 is 12.0 Å². The second kappa shape index (κ2) is 4.95. The number of primary amides is 1. The highest BCUT2D eigenvalue weighted by molar-refractivity contribution is 5.88. The molecule has 5 nitrogen and oxygen atoms in total. The molecule has 0 unspecified atom stereocenters. The summed E-state index contributed by atoms with van der Waals surface area (Å²) in [4.78, 5) is 21.0. The van der Waals surface area contributed by atoms with Gasteiger partial charge >= 0.3 is 12.0 Å². The summed E-state index contributed by atoms with van der Waals surface area (Å²) in [5, 5.41) is 2.13. The zero-order chi connectivity index (χ0) is 9.56. The van der Waals surface area contributed by atoms with E-state index in [2.05, 4.69) is 16.6 Å². The summed E-state index contributed by atoms with van der Waals surface area (Å²) in [5.74, 6) is -0.584. The molecule has 5 heteroatoms. The monoisotopic (exact) mass is 170 g/mol. The van der Waals surface area contributed by atoms with Crippen LogP contribution in [0.2, 0.25) is 0 Å². The van der Waals surface area contributed by atoms with E-state index in [1.807, 2.05) is 0 Å². The fourth-order valence-electron chi connectivity index (χ4n) is 0.407. The van der Waals surface area contributed by atoms with Crippen molar-refractivity contribution in [3.05, 3.63) is 24.6 Å². The van der Waals surface area contributed by atoms with Crippen molar-refractivity contribution in [3.63, 3.8) is 0 Å². The molecular weight excluding hydrogens is 160 g/mol. The molecule has 0 bridgehead atoms. The van der Waals surface area contributed by atoms with E-state index in [0.29, 0.717) is 0 Å². The van der Waals surface area contributed by atoms with Crippen LogP contribution in [0.4, 0.5) is 4.79 Å². The second-order valence-corrected chi connectivity index (χ2v) is 1.91. The van der Waals surface area contributed by atoms with Crippen LogP contribution in [-0.4, -0.2) is 12.0 Å². The second-order valence-electron chi connectivity index (χ2n) is 1.91. The zero-order valence-corrected chi connectivity index (χ0v) is 6.66. The van der Waals surface area contributed by atoms with Crippen molar-refractivity contribution in [1.82, 2.24) is 5.32 Å². The average Bonchev–Trinajstić information content (AvgIpc) is 2.00. The summed E-state index contributed by atoms with van der Waals surface area (Å²) in [7, 11) is 0. The van der Waals surface area contributed by atoms with Gasteiger partial charge in [0.1, 0.15) is 0 Å². The maximum atomic E-state index is 10.8. The Morgan fingerprint density at radius 1 is 1.58 bits per heavy atom. The maximum Gasteiger partial charge on any atom is 0.339 e. The van der Waals surface area contributed by atoms with Gasteiger partial charge in [-0.25, -0.2) is 9.59 Å². The highest BCUT2D eigenvalue weighted by atomic mass is 16.5. The summed E-state index contributed by atoms with van der Waals surface area (Å²) in [5.41, 5.74) is 4.98. The Morgan fingerprint density at radius 2 is 2.17 bits per heavy atom. The Morgan fingerprint density at radius 3 is 2.58 bits per heavy atom. The summed E-state index contributed by atoms with van der Waals surface area (Å²) >= 11 is 0. The number of hydrogen-bond donors (Lipinski definition) is 2. The molecular formula is C7H10N2O3. The van der Waals surface area contributed by atoms with E-state index in [0.717, 1.165) is 12.5 Å². The first-order valence-corrected chi connectivity index (χ1v) is 3.12. The summed E-state index contributed by atoms with van der Waals surface area (Å²) in [6.45, 7) is 4.67. The Hall–Kier alpha value is -1.78. The van der Waals surface area contributed by atoms with Gasteiger partial charge in [-0.15, -0.1) is 0 Å². The highest BCUT2D eigenvalue weighted by Gasteiger charge is 2.02. The van der Waals surface area contributed by atoms with Crippen LogP contribution in [0.3, 0.4) is 0 Å². The molecule has 0 aliphatic heterocycles. The number of urea groups is 1. The molecule has 0 aliphatic rings. The minimum atomic E-state index is -0.735. The molecule has 0 fully saturated rings. The number of carbonyl (C=O) groups excluding carboxylic acids is 2. The van der Waals surface area contributed by atoms with Crippen molar-refractivity contribution >= 4 is 12.0 Å². The lowest BCUT2D eigenvalue weighted by atomic mass is 10.3. The third-order valence-electron chi connectivity index (χ3n) is 0.943. The van der Waals surface area contributed by atoms with Crippen molar-refractivity contribution in [3.8, 4) is 0 Å². The number of nitrogens with one attached hydrogen (secondary N) is 1. The molecule has 0 aromatic carbocycles. The number of rotatable bonds is 3. The molecule has 0 aromatic rings. The number of hydrogen-bond acceptors (Lipinski definition) is 3. The number of ether oxygens (including phenoxy) is 1. The molecule has 0 aromatic heterocycles. The Balaban J connectivity index is 4.07. The molecule has 12 heavy (non-hydrogen) atoms. The third kappa shape index (κ3) is 4.10. The molecule has 0 radical (unpaired) electrons. The minimum absolute atomic E-state index is 0.230. The molecule has 0 aliphatic carbocycles. The lowest BCUT2D eigenvalue weighted by Crippen LogP contribution is -2.25. The van der Waals surface area contributed by atoms with Crippen LogP contribution in [0.15, 0.2) is 24.6 Å². The topological polar surface area (TPSA) is 81.4 Å². The molecule has 0 saturated heterocycles. The van der Waals surface area contributed by atoms with Gasteiger partial charge in [-0.1, -0.05) is 6.58 Å². The molecule has 66 valence electrons. The number of amides is 2.